The Bertz CT molecular complexity index is 990. The molecule has 0 saturated carbocycles. The number of benzene rings is 3. The first-order chi connectivity index (χ1) is 13.5. The number of halogens is 1. The van der Waals surface area contributed by atoms with Crippen molar-refractivity contribution in [3.8, 4) is 5.75 Å². The lowest BCUT2D eigenvalue weighted by Gasteiger charge is -2.10. The van der Waals surface area contributed by atoms with Crippen LogP contribution in [-0.2, 0) is 17.8 Å². The van der Waals surface area contributed by atoms with Crippen LogP contribution in [0.5, 0.6) is 5.75 Å². The summed E-state index contributed by atoms with van der Waals surface area (Å²) in [5.41, 5.74) is 6.18. The highest BCUT2D eigenvalue weighted by atomic mass is 19.1. The van der Waals surface area contributed by atoms with Crippen molar-refractivity contribution in [1.82, 2.24) is 16.2 Å². The number of methoxy groups -OCH3 is 1. The minimum atomic E-state index is -0.526. The molecule has 0 aliphatic rings. The lowest BCUT2D eigenvalue weighted by atomic mass is 10.1. The van der Waals surface area contributed by atoms with Crippen molar-refractivity contribution in [3.63, 3.8) is 0 Å². The number of urea groups is 1. The van der Waals surface area contributed by atoms with E-state index >= 15 is 0 Å². The molecule has 3 amide bonds. The molecule has 6 nitrogen and oxygen atoms in total. The van der Waals surface area contributed by atoms with Crippen molar-refractivity contribution in [2.24, 2.45) is 0 Å². The van der Waals surface area contributed by atoms with Gasteiger partial charge in [0.2, 0.25) is 5.91 Å². The number of nitrogens with one attached hydrogen (secondary N) is 3. The molecule has 3 aromatic carbocycles. The number of hydrazine groups is 1. The van der Waals surface area contributed by atoms with Crippen LogP contribution in [0.1, 0.15) is 11.1 Å². The van der Waals surface area contributed by atoms with Crippen LogP contribution >= 0.6 is 0 Å². The van der Waals surface area contributed by atoms with Crippen LogP contribution < -0.4 is 20.9 Å². The van der Waals surface area contributed by atoms with Gasteiger partial charge in [-0.05, 0) is 52.2 Å². The van der Waals surface area contributed by atoms with Gasteiger partial charge in [-0.15, -0.1) is 0 Å². The zero-order chi connectivity index (χ0) is 19.9. The van der Waals surface area contributed by atoms with Crippen molar-refractivity contribution >= 4 is 22.7 Å². The summed E-state index contributed by atoms with van der Waals surface area (Å²) >= 11 is 0. The van der Waals surface area contributed by atoms with E-state index in [9.17, 15) is 14.0 Å². The van der Waals surface area contributed by atoms with E-state index in [2.05, 4.69) is 16.2 Å². The van der Waals surface area contributed by atoms with E-state index < -0.39 is 11.9 Å². The van der Waals surface area contributed by atoms with E-state index in [1.54, 1.807) is 7.11 Å². The molecule has 3 N–H and O–H groups in total. The van der Waals surface area contributed by atoms with Gasteiger partial charge < -0.3 is 10.1 Å². The molecule has 0 atom stereocenters. The Morgan fingerprint density at radius 2 is 1.57 bits per heavy atom. The quantitative estimate of drug-likeness (QED) is 0.595. The maximum atomic E-state index is 12.9. The highest BCUT2D eigenvalue weighted by molar-refractivity contribution is 5.85. The molecule has 0 aromatic heterocycles. The number of ether oxygens (including phenoxy) is 1. The molecule has 3 rings (SSSR count). The summed E-state index contributed by atoms with van der Waals surface area (Å²) in [7, 11) is 1.62. The van der Waals surface area contributed by atoms with E-state index in [-0.39, 0.29) is 12.2 Å². The number of carbonyl (C=O) groups is 2. The highest BCUT2D eigenvalue weighted by Crippen LogP contribution is 2.21. The molecule has 0 radical (unpaired) electrons. The predicted molar refractivity (Wildman–Crippen MR) is 104 cm³/mol. The van der Waals surface area contributed by atoms with E-state index in [0.29, 0.717) is 12.1 Å². The number of amides is 3. The third-order valence-electron chi connectivity index (χ3n) is 4.16. The molecule has 0 saturated heterocycles. The first-order valence-corrected chi connectivity index (χ1v) is 8.67. The van der Waals surface area contributed by atoms with Crippen LogP contribution in [0.25, 0.3) is 10.8 Å². The summed E-state index contributed by atoms with van der Waals surface area (Å²) in [4.78, 5) is 23.7. The second-order valence-electron chi connectivity index (χ2n) is 6.21. The Balaban J connectivity index is 1.46. The average Bonchev–Trinajstić information content (AvgIpc) is 2.71. The predicted octanol–water partition coefficient (Wildman–Crippen LogP) is 3.06. The van der Waals surface area contributed by atoms with Gasteiger partial charge in [-0.3, -0.25) is 10.2 Å². The third-order valence-corrected chi connectivity index (χ3v) is 4.16. The molecule has 0 heterocycles. The largest absolute Gasteiger partial charge is 0.497 e. The Morgan fingerprint density at radius 3 is 2.32 bits per heavy atom. The Morgan fingerprint density at radius 1 is 0.893 bits per heavy atom. The van der Waals surface area contributed by atoms with Gasteiger partial charge in [0.15, 0.2) is 0 Å². The van der Waals surface area contributed by atoms with Gasteiger partial charge in [-0.2, -0.15) is 0 Å². The lowest BCUT2D eigenvalue weighted by Crippen LogP contribution is -2.47. The van der Waals surface area contributed by atoms with Crippen LogP contribution in [0.4, 0.5) is 9.18 Å². The van der Waals surface area contributed by atoms with Crippen molar-refractivity contribution in [3.05, 3.63) is 77.6 Å². The van der Waals surface area contributed by atoms with E-state index in [1.165, 1.54) is 24.3 Å². The van der Waals surface area contributed by atoms with Crippen molar-refractivity contribution in [1.29, 1.82) is 0 Å². The lowest BCUT2D eigenvalue weighted by molar-refractivity contribution is -0.121. The standard InChI is InChI=1S/C21H20FN3O3/c1-28-19-9-6-16-10-15(2-5-17(16)12-19)13-23-21(27)25-24-20(26)11-14-3-7-18(22)8-4-14/h2-10,12H,11,13H2,1H3,(H,24,26)(H2,23,25,27). The summed E-state index contributed by atoms with van der Waals surface area (Å²) in [6.07, 6.45) is 0.0364. The van der Waals surface area contributed by atoms with Gasteiger partial charge in [0.1, 0.15) is 11.6 Å². The molecule has 0 fully saturated rings. The van der Waals surface area contributed by atoms with Gasteiger partial charge in [0.05, 0.1) is 13.5 Å². The summed E-state index contributed by atoms with van der Waals surface area (Å²) < 4.78 is 18.1. The molecule has 0 aliphatic carbocycles. The van der Waals surface area contributed by atoms with Gasteiger partial charge in [0.25, 0.3) is 0 Å². The Hall–Kier alpha value is -3.61. The summed E-state index contributed by atoms with van der Waals surface area (Å²) in [5, 5.41) is 4.75. The molecular weight excluding hydrogens is 361 g/mol. The maximum Gasteiger partial charge on any atom is 0.333 e. The van der Waals surface area contributed by atoms with Crippen LogP contribution in [-0.4, -0.2) is 19.0 Å². The topological polar surface area (TPSA) is 79.5 Å². The fraction of sp³-hybridized carbons (Fsp3) is 0.143. The van der Waals surface area contributed by atoms with Gasteiger partial charge in [0, 0.05) is 6.54 Å². The minimum absolute atomic E-state index is 0.0364. The Labute approximate surface area is 161 Å². The van der Waals surface area contributed by atoms with Crippen LogP contribution in [0.15, 0.2) is 60.7 Å². The SMILES string of the molecule is COc1ccc2cc(CNC(=O)NNC(=O)Cc3ccc(F)cc3)ccc2c1. The van der Waals surface area contributed by atoms with Crippen LogP contribution in [0.3, 0.4) is 0 Å². The summed E-state index contributed by atoms with van der Waals surface area (Å²) in [6.45, 7) is 0.307. The van der Waals surface area contributed by atoms with Crippen molar-refractivity contribution in [2.45, 2.75) is 13.0 Å². The summed E-state index contributed by atoms with van der Waals surface area (Å²) in [5.74, 6) is 0.0185. The molecule has 0 aliphatic heterocycles. The molecule has 0 spiro atoms. The van der Waals surface area contributed by atoms with Gasteiger partial charge >= 0.3 is 6.03 Å². The molecular formula is C21H20FN3O3. The molecule has 0 unspecified atom stereocenters. The van der Waals surface area contributed by atoms with Crippen molar-refractivity contribution in [2.75, 3.05) is 7.11 Å². The van der Waals surface area contributed by atoms with E-state index in [4.69, 9.17) is 4.74 Å². The molecule has 144 valence electrons. The molecule has 7 heteroatoms. The fourth-order valence-electron chi connectivity index (χ4n) is 2.70. The van der Waals surface area contributed by atoms with Crippen LogP contribution in [0.2, 0.25) is 0 Å². The first-order valence-electron chi connectivity index (χ1n) is 8.67. The fourth-order valence-corrected chi connectivity index (χ4v) is 2.70. The zero-order valence-electron chi connectivity index (χ0n) is 15.3. The van der Waals surface area contributed by atoms with Gasteiger partial charge in [-0.25, -0.2) is 14.6 Å². The third kappa shape index (κ3) is 5.20. The zero-order valence-corrected chi connectivity index (χ0v) is 15.3. The summed E-state index contributed by atoms with van der Waals surface area (Å²) in [6, 6.07) is 16.7. The number of rotatable bonds is 5. The van der Waals surface area contributed by atoms with Crippen molar-refractivity contribution < 1.29 is 18.7 Å². The smallest absolute Gasteiger partial charge is 0.333 e. The normalized spacial score (nSPS) is 10.4. The highest BCUT2D eigenvalue weighted by Gasteiger charge is 2.06. The van der Waals surface area contributed by atoms with Crippen LogP contribution in [0, 0.1) is 5.82 Å². The molecule has 28 heavy (non-hydrogen) atoms. The second-order valence-corrected chi connectivity index (χ2v) is 6.21. The van der Waals surface area contributed by atoms with Gasteiger partial charge in [-0.1, -0.05) is 30.3 Å². The second kappa shape index (κ2) is 8.85. The first kappa shape index (κ1) is 19.2. The average molecular weight is 381 g/mol. The monoisotopic (exact) mass is 381 g/mol. The Kier molecular flexibility index (Phi) is 6.06. The van der Waals surface area contributed by atoms with E-state index in [0.717, 1.165) is 22.1 Å². The van der Waals surface area contributed by atoms with E-state index in [1.807, 2.05) is 36.4 Å². The minimum Gasteiger partial charge on any atom is -0.497 e. The number of fused-ring (bicyclic) bond motifs is 1. The number of hydrogen-bond donors (Lipinski definition) is 3. The molecule has 3 aromatic rings. The maximum absolute atomic E-state index is 12.9. The number of hydrogen-bond acceptors (Lipinski definition) is 3. The molecule has 0 bridgehead atoms. The number of carbonyl (C=O) groups excluding carboxylic acids is 2.